The molecule has 2 atom stereocenters. The smallest absolute Gasteiger partial charge is 0.772 e. The molecule has 1 aliphatic carbocycles. The van der Waals surface area contributed by atoms with E-state index in [-0.39, 0.29) is 35.3 Å². The fraction of sp³-hybridized carbons (Fsp3) is 1.00. The van der Waals surface area contributed by atoms with E-state index in [0.717, 1.165) is 0 Å². The van der Waals surface area contributed by atoms with E-state index in [0.29, 0.717) is 6.42 Å². The molecule has 2 unspecified atom stereocenters. The van der Waals surface area contributed by atoms with E-state index in [2.05, 4.69) is 0 Å². The van der Waals surface area contributed by atoms with Gasteiger partial charge in [0.05, 0.1) is 0 Å². The van der Waals surface area contributed by atoms with Crippen molar-refractivity contribution < 1.29 is 38.3 Å². The first-order valence-electron chi connectivity index (χ1n) is 2.81. The summed E-state index contributed by atoms with van der Waals surface area (Å²) < 4.78 is 19.6. The first-order chi connectivity index (χ1) is 4.37. The fourth-order valence-electron chi connectivity index (χ4n) is 0.863. The fourth-order valence-corrected chi connectivity index (χ4v) is 2.61. The van der Waals surface area contributed by atoms with Gasteiger partial charge in [-0.25, -0.2) is 0 Å². The van der Waals surface area contributed by atoms with Crippen molar-refractivity contribution in [3.8, 4) is 0 Å². The van der Waals surface area contributed by atoms with Crippen LogP contribution >= 0.6 is 23.2 Å². The second-order valence-corrected chi connectivity index (χ2v) is 5.27. The monoisotopic (exact) mass is 224 g/mol. The quantitative estimate of drug-likeness (QED) is 0.324. The summed E-state index contributed by atoms with van der Waals surface area (Å²) in [4.78, 5) is 0. The minimum absolute atomic E-state index is 0. The van der Waals surface area contributed by atoms with Gasteiger partial charge in [-0.2, -0.15) is 0 Å². The van der Waals surface area contributed by atoms with Crippen LogP contribution in [0.5, 0.6) is 0 Å². The van der Waals surface area contributed by atoms with Crippen LogP contribution in [0.1, 0.15) is 13.3 Å². The average molecular weight is 225 g/mol. The zero-order chi connectivity index (χ0) is 7.99. The van der Waals surface area contributed by atoms with E-state index in [1.807, 2.05) is 0 Å². The van der Waals surface area contributed by atoms with Crippen molar-refractivity contribution in [3.05, 3.63) is 0 Å². The van der Waals surface area contributed by atoms with Crippen LogP contribution in [0.4, 0.5) is 0 Å². The third-order valence-corrected chi connectivity index (χ3v) is 3.86. The molecule has 2 nitrogen and oxygen atoms in total. The zero-order valence-electron chi connectivity index (χ0n) is 6.39. The van der Waals surface area contributed by atoms with Crippen molar-refractivity contribution in [3.63, 3.8) is 0 Å². The topological polar surface area (TPSA) is 40.1 Å². The van der Waals surface area contributed by atoms with Crippen LogP contribution in [0.15, 0.2) is 0 Å². The number of hydrogen-bond donors (Lipinski definition) is 0. The van der Waals surface area contributed by atoms with Gasteiger partial charge in [0.1, 0.15) is 4.33 Å². The van der Waals surface area contributed by atoms with Crippen molar-refractivity contribution in [1.29, 1.82) is 0 Å². The molecule has 1 aliphatic rings. The summed E-state index contributed by atoms with van der Waals surface area (Å²) in [5.74, 6) is 0.0556. The molecule has 1 fully saturated rings. The molecule has 0 N–H and O–H groups in total. The molecule has 0 amide bonds. The predicted octanol–water partition coefficient (Wildman–Crippen LogP) is -1.55. The van der Waals surface area contributed by atoms with Gasteiger partial charge >= 0.3 is 29.6 Å². The number of hydrogen-bond acceptors (Lipinski definition) is 2. The van der Waals surface area contributed by atoms with E-state index in [1.54, 1.807) is 6.92 Å². The molecule has 0 heterocycles. The number of rotatable bonds is 2. The Bertz CT molecular complexity index is 187. The Morgan fingerprint density at radius 1 is 1.64 bits per heavy atom. The van der Waals surface area contributed by atoms with Gasteiger partial charge in [0.15, 0.2) is 0 Å². The third kappa shape index (κ3) is 2.83. The van der Waals surface area contributed by atoms with Gasteiger partial charge in [0.25, 0.3) is 0 Å². The Hall–Kier alpha value is 1.69. The van der Waals surface area contributed by atoms with Gasteiger partial charge in [-0.1, -0.05) is 18.0 Å². The second-order valence-electron chi connectivity index (χ2n) is 2.89. The Kier molecular flexibility index (Phi) is 4.41. The Balaban J connectivity index is 0.000001000. The van der Waals surface area contributed by atoms with Crippen molar-refractivity contribution in [1.82, 2.24) is 0 Å². The van der Waals surface area contributed by atoms with E-state index in [1.165, 1.54) is 0 Å². The Labute approximate surface area is 101 Å². The van der Waals surface area contributed by atoms with Gasteiger partial charge in [0.2, 0.25) is 0 Å². The van der Waals surface area contributed by atoms with Crippen LogP contribution in [0, 0.1) is 5.41 Å². The molecule has 6 heteroatoms. The summed E-state index contributed by atoms with van der Waals surface area (Å²) in [5.41, 5.74) is -0.414. The van der Waals surface area contributed by atoms with Crippen molar-refractivity contribution >= 4 is 34.3 Å². The normalized spacial score (nSPS) is 35.6. The second kappa shape index (κ2) is 3.82. The molecule has 0 aromatic rings. The van der Waals surface area contributed by atoms with E-state index >= 15 is 0 Å². The van der Waals surface area contributed by atoms with Crippen molar-refractivity contribution in [2.45, 2.75) is 17.7 Å². The summed E-state index contributed by atoms with van der Waals surface area (Å²) in [6, 6.07) is 0. The van der Waals surface area contributed by atoms with Gasteiger partial charge in [-0.05, 0) is 6.42 Å². The molecule has 0 aromatic heterocycles. The van der Waals surface area contributed by atoms with E-state index < -0.39 is 20.8 Å². The first-order valence-corrected chi connectivity index (χ1v) is 4.81. The molecule has 0 aliphatic heterocycles. The first kappa shape index (κ1) is 12.7. The predicted molar refractivity (Wildman–Crippen MR) is 40.9 cm³/mol. The molecule has 1 saturated carbocycles. The average Bonchev–Trinajstić information content (AvgIpc) is 2.01. The van der Waals surface area contributed by atoms with Crippen LogP contribution in [-0.4, -0.2) is 18.8 Å². The molecular weight excluding hydrogens is 218 g/mol. The van der Waals surface area contributed by atoms with Crippen LogP contribution in [0.2, 0.25) is 0 Å². The molecule has 0 bridgehead atoms. The minimum Gasteiger partial charge on any atom is -0.772 e. The maximum atomic E-state index is 10.2. The number of alkyl halides is 2. The standard InChI is InChI=1S/C5H8Cl2O2S.Na/c1-4(3-10(8)9)2-5(4,6)7;/h2-3H2,1H3,(H,8,9);/q;+1/p-1. The molecule has 0 saturated heterocycles. The largest absolute Gasteiger partial charge is 1.00 e. The molecule has 60 valence electrons. The van der Waals surface area contributed by atoms with E-state index in [9.17, 15) is 8.76 Å². The molecule has 0 spiro atoms. The van der Waals surface area contributed by atoms with Gasteiger partial charge in [-0.15, -0.1) is 23.2 Å². The van der Waals surface area contributed by atoms with Crippen LogP contribution < -0.4 is 29.6 Å². The van der Waals surface area contributed by atoms with Gasteiger partial charge in [-0.3, -0.25) is 4.21 Å². The molecule has 1 rings (SSSR count). The van der Waals surface area contributed by atoms with Crippen LogP contribution in [0.25, 0.3) is 0 Å². The summed E-state index contributed by atoms with van der Waals surface area (Å²) in [5, 5.41) is 0. The van der Waals surface area contributed by atoms with Gasteiger partial charge < -0.3 is 4.55 Å². The molecule has 0 aromatic carbocycles. The Morgan fingerprint density at radius 2 is 2.00 bits per heavy atom. The minimum atomic E-state index is -2.04. The zero-order valence-corrected chi connectivity index (χ0v) is 10.7. The maximum absolute atomic E-state index is 10.2. The summed E-state index contributed by atoms with van der Waals surface area (Å²) >= 11 is 9.33. The van der Waals surface area contributed by atoms with Crippen LogP contribution in [-0.2, 0) is 11.1 Å². The molecule has 0 radical (unpaired) electrons. The van der Waals surface area contributed by atoms with Crippen molar-refractivity contribution in [2.75, 3.05) is 5.75 Å². The van der Waals surface area contributed by atoms with Gasteiger partial charge in [0, 0.05) is 11.2 Å². The third-order valence-electron chi connectivity index (χ3n) is 1.81. The molecule has 11 heavy (non-hydrogen) atoms. The van der Waals surface area contributed by atoms with Crippen LogP contribution in [0.3, 0.4) is 0 Å². The SMILES string of the molecule is CC1(CS(=O)[O-])CC1(Cl)Cl.[Na+]. The maximum Gasteiger partial charge on any atom is 1.00 e. The Morgan fingerprint density at radius 3 is 2.09 bits per heavy atom. The van der Waals surface area contributed by atoms with E-state index in [4.69, 9.17) is 23.2 Å². The number of halogens is 2. The summed E-state index contributed by atoms with van der Waals surface area (Å²) in [6.45, 7) is 1.77. The summed E-state index contributed by atoms with van der Waals surface area (Å²) in [6.07, 6.45) is 0.567. The molecular formula is C5H7Cl2NaO2S. The van der Waals surface area contributed by atoms with Crippen molar-refractivity contribution in [2.24, 2.45) is 5.41 Å². The summed E-state index contributed by atoms with van der Waals surface area (Å²) in [7, 11) is 0.